The normalized spacial score (nSPS) is 10.9. The van der Waals surface area contributed by atoms with Crippen molar-refractivity contribution in [1.82, 2.24) is 0 Å². The van der Waals surface area contributed by atoms with Crippen LogP contribution in [0.3, 0.4) is 0 Å². The highest BCUT2D eigenvalue weighted by Gasteiger charge is 2.15. The first-order chi connectivity index (χ1) is 11.6. The van der Waals surface area contributed by atoms with E-state index in [4.69, 9.17) is 9.84 Å². The maximum Gasteiger partial charge on any atom is 0.167 e. The van der Waals surface area contributed by atoms with Crippen molar-refractivity contribution in [3.8, 4) is 16.9 Å². The number of hydrogen-bond acceptors (Lipinski definition) is 2. The Hall–Kier alpha value is -2.01. The number of aliphatic hydroxyl groups is 1. The van der Waals surface area contributed by atoms with Gasteiger partial charge in [0.2, 0.25) is 0 Å². The first-order valence-corrected chi connectivity index (χ1v) is 8.09. The predicted molar refractivity (Wildman–Crippen MR) is 87.3 cm³/mol. The fraction of sp³-hybridized carbons (Fsp3) is 0.368. The van der Waals surface area contributed by atoms with Gasteiger partial charge >= 0.3 is 0 Å². The minimum Gasteiger partial charge on any atom is -0.491 e. The molecule has 0 unspecified atom stereocenters. The Kier molecular flexibility index (Phi) is 6.67. The van der Waals surface area contributed by atoms with E-state index >= 15 is 0 Å². The van der Waals surface area contributed by atoms with E-state index in [1.165, 1.54) is 24.3 Å². The fourth-order valence-electron chi connectivity index (χ4n) is 2.43. The zero-order valence-corrected chi connectivity index (χ0v) is 13.6. The monoisotopic (exact) mass is 338 g/mol. The SMILES string of the molecule is CCCCCCOc1ccc(-c2ccc(CO)c(F)c2F)cc1F. The summed E-state index contributed by atoms with van der Waals surface area (Å²) in [6.45, 7) is 1.93. The number of aliphatic hydroxyl groups excluding tert-OH is 1. The van der Waals surface area contributed by atoms with Crippen LogP contribution in [0.25, 0.3) is 11.1 Å². The van der Waals surface area contributed by atoms with Crippen LogP contribution in [0.1, 0.15) is 38.2 Å². The molecule has 5 heteroatoms. The number of unbranched alkanes of at least 4 members (excludes halogenated alkanes) is 3. The molecule has 0 aliphatic heterocycles. The lowest BCUT2D eigenvalue weighted by molar-refractivity contribution is 0.273. The Bertz CT molecular complexity index is 687. The van der Waals surface area contributed by atoms with Crippen molar-refractivity contribution in [2.24, 2.45) is 0 Å². The van der Waals surface area contributed by atoms with Crippen LogP contribution in [0.2, 0.25) is 0 Å². The highest BCUT2D eigenvalue weighted by Crippen LogP contribution is 2.30. The third kappa shape index (κ3) is 4.29. The molecule has 0 fully saturated rings. The van der Waals surface area contributed by atoms with E-state index in [0.717, 1.165) is 31.7 Å². The quantitative estimate of drug-likeness (QED) is 0.669. The van der Waals surface area contributed by atoms with E-state index < -0.39 is 24.1 Å². The number of rotatable bonds is 8. The summed E-state index contributed by atoms with van der Waals surface area (Å²) in [5.41, 5.74) is 0.0218. The standard InChI is InChI=1S/C19H21F3O2/c1-2-3-4-5-10-24-17-9-7-13(11-16(17)20)15-8-6-14(12-23)18(21)19(15)22/h6-9,11,23H,2-5,10,12H2,1H3. The highest BCUT2D eigenvalue weighted by molar-refractivity contribution is 5.65. The van der Waals surface area contributed by atoms with Gasteiger partial charge in [-0.15, -0.1) is 0 Å². The van der Waals surface area contributed by atoms with Gasteiger partial charge in [-0.2, -0.15) is 0 Å². The molecule has 0 aliphatic rings. The van der Waals surface area contributed by atoms with Gasteiger partial charge in [0.25, 0.3) is 0 Å². The lowest BCUT2D eigenvalue weighted by Gasteiger charge is -2.10. The van der Waals surface area contributed by atoms with Crippen LogP contribution in [-0.4, -0.2) is 11.7 Å². The Morgan fingerprint density at radius 3 is 2.42 bits per heavy atom. The van der Waals surface area contributed by atoms with Crippen molar-refractivity contribution in [1.29, 1.82) is 0 Å². The first-order valence-electron chi connectivity index (χ1n) is 8.09. The second kappa shape index (κ2) is 8.73. The molecule has 0 heterocycles. The van der Waals surface area contributed by atoms with Crippen molar-refractivity contribution in [3.63, 3.8) is 0 Å². The molecule has 0 spiro atoms. The average molecular weight is 338 g/mol. The number of halogens is 3. The van der Waals surface area contributed by atoms with Crippen LogP contribution in [0.4, 0.5) is 13.2 Å². The molecule has 130 valence electrons. The molecular weight excluding hydrogens is 317 g/mol. The largest absolute Gasteiger partial charge is 0.491 e. The number of ether oxygens (including phenoxy) is 1. The second-order valence-corrected chi connectivity index (χ2v) is 5.61. The maximum atomic E-state index is 14.1. The molecule has 2 rings (SSSR count). The van der Waals surface area contributed by atoms with E-state index in [-0.39, 0.29) is 22.4 Å². The zero-order chi connectivity index (χ0) is 17.5. The third-order valence-electron chi connectivity index (χ3n) is 3.83. The van der Waals surface area contributed by atoms with Crippen molar-refractivity contribution in [3.05, 3.63) is 53.3 Å². The van der Waals surface area contributed by atoms with Crippen LogP contribution in [-0.2, 0) is 6.61 Å². The summed E-state index contributed by atoms with van der Waals surface area (Å²) < 4.78 is 47.3. The zero-order valence-electron chi connectivity index (χ0n) is 13.6. The lowest BCUT2D eigenvalue weighted by Crippen LogP contribution is -2.00. The molecule has 2 aromatic rings. The molecule has 0 saturated carbocycles. The van der Waals surface area contributed by atoms with Gasteiger partial charge in [0, 0.05) is 11.1 Å². The van der Waals surface area contributed by atoms with Crippen molar-refractivity contribution >= 4 is 0 Å². The van der Waals surface area contributed by atoms with Gasteiger partial charge in [0.1, 0.15) is 0 Å². The molecule has 0 amide bonds. The highest BCUT2D eigenvalue weighted by atomic mass is 19.2. The molecule has 0 aliphatic carbocycles. The van der Waals surface area contributed by atoms with Gasteiger partial charge < -0.3 is 9.84 Å². The molecule has 24 heavy (non-hydrogen) atoms. The molecule has 2 aromatic carbocycles. The maximum absolute atomic E-state index is 14.1. The number of benzene rings is 2. The van der Waals surface area contributed by atoms with Gasteiger partial charge in [-0.1, -0.05) is 44.4 Å². The van der Waals surface area contributed by atoms with Gasteiger partial charge in [0.15, 0.2) is 23.2 Å². The van der Waals surface area contributed by atoms with Gasteiger partial charge in [-0.3, -0.25) is 0 Å². The van der Waals surface area contributed by atoms with Gasteiger partial charge in [-0.05, 0) is 24.1 Å². The van der Waals surface area contributed by atoms with Crippen molar-refractivity contribution in [2.45, 2.75) is 39.2 Å². The number of hydrogen-bond donors (Lipinski definition) is 1. The van der Waals surface area contributed by atoms with Crippen molar-refractivity contribution in [2.75, 3.05) is 6.61 Å². The van der Waals surface area contributed by atoms with Crippen LogP contribution in [0, 0.1) is 17.5 Å². The summed E-state index contributed by atoms with van der Waals surface area (Å²) in [5, 5.41) is 8.94. The van der Waals surface area contributed by atoms with Crippen LogP contribution >= 0.6 is 0 Å². The Labute approximate surface area is 139 Å². The van der Waals surface area contributed by atoms with E-state index in [2.05, 4.69) is 6.92 Å². The van der Waals surface area contributed by atoms with Crippen molar-refractivity contribution < 1.29 is 23.0 Å². The molecule has 0 bridgehead atoms. The second-order valence-electron chi connectivity index (χ2n) is 5.61. The van der Waals surface area contributed by atoms with E-state index in [1.807, 2.05) is 0 Å². The Morgan fingerprint density at radius 2 is 1.75 bits per heavy atom. The van der Waals surface area contributed by atoms with Gasteiger partial charge in [0.05, 0.1) is 13.2 Å². The Morgan fingerprint density at radius 1 is 0.958 bits per heavy atom. The predicted octanol–water partition coefficient (Wildman–Crippen LogP) is 5.22. The van der Waals surface area contributed by atoms with Gasteiger partial charge in [-0.25, -0.2) is 13.2 Å². The molecule has 0 saturated heterocycles. The summed E-state index contributed by atoms with van der Waals surface area (Å²) >= 11 is 0. The lowest BCUT2D eigenvalue weighted by atomic mass is 10.0. The molecule has 2 nitrogen and oxygen atoms in total. The van der Waals surface area contributed by atoms with Crippen LogP contribution in [0.5, 0.6) is 5.75 Å². The van der Waals surface area contributed by atoms with Crippen LogP contribution < -0.4 is 4.74 Å². The molecular formula is C19H21F3O2. The molecule has 0 atom stereocenters. The van der Waals surface area contributed by atoms with E-state index in [1.54, 1.807) is 0 Å². The van der Waals surface area contributed by atoms with E-state index in [9.17, 15) is 13.2 Å². The third-order valence-corrected chi connectivity index (χ3v) is 3.83. The first kappa shape index (κ1) is 18.3. The summed E-state index contributed by atoms with van der Waals surface area (Å²) in [7, 11) is 0. The van der Waals surface area contributed by atoms with E-state index in [0.29, 0.717) is 6.61 Å². The summed E-state index contributed by atoms with van der Waals surface area (Å²) in [6.07, 6.45) is 4.09. The smallest absolute Gasteiger partial charge is 0.167 e. The van der Waals surface area contributed by atoms with Crippen LogP contribution in [0.15, 0.2) is 30.3 Å². The summed E-state index contributed by atoms with van der Waals surface area (Å²) in [4.78, 5) is 0. The average Bonchev–Trinajstić information content (AvgIpc) is 2.58. The Balaban J connectivity index is 2.13. The molecule has 1 N–H and O–H groups in total. The minimum absolute atomic E-state index is 0.0573. The molecule has 0 aromatic heterocycles. The summed E-state index contributed by atoms with van der Waals surface area (Å²) in [6, 6.07) is 6.63. The summed E-state index contributed by atoms with van der Waals surface area (Å²) in [5.74, 6) is -2.74. The topological polar surface area (TPSA) is 29.5 Å². The minimum atomic E-state index is -1.12. The fourth-order valence-corrected chi connectivity index (χ4v) is 2.43. The molecule has 0 radical (unpaired) electrons.